The van der Waals surface area contributed by atoms with Gasteiger partial charge in [0.25, 0.3) is 0 Å². The zero-order chi connectivity index (χ0) is 42.6. The Balaban J connectivity index is 2.63. The van der Waals surface area contributed by atoms with Crippen LogP contribution in [0, 0.1) is 0 Å². The largest absolute Gasteiger partial charge is 0.507 e. The monoisotopic (exact) mass is 830 g/mol. The van der Waals surface area contributed by atoms with Crippen molar-refractivity contribution in [3.8, 4) is 11.5 Å². The first-order valence-corrected chi connectivity index (χ1v) is 18.0. The van der Waals surface area contributed by atoms with E-state index in [4.69, 9.17) is 31.9 Å². The number of amides is 4. The molecule has 0 fully saturated rings. The van der Waals surface area contributed by atoms with E-state index in [9.17, 15) is 63.3 Å². The number of ketones is 2. The summed E-state index contributed by atoms with van der Waals surface area (Å²) in [5.74, 6) is -16.6. The number of hydrogen-bond acceptors (Lipinski definition) is 17. The Hall–Kier alpha value is -5.92. The summed E-state index contributed by atoms with van der Waals surface area (Å²) in [5, 5.41) is 78.3. The van der Waals surface area contributed by atoms with E-state index in [-0.39, 0.29) is 12.8 Å². The van der Waals surface area contributed by atoms with Crippen molar-refractivity contribution in [3.63, 3.8) is 0 Å². The van der Waals surface area contributed by atoms with Crippen molar-refractivity contribution >= 4 is 88.4 Å². The number of carbonyl (C=O) groups is 10. The lowest BCUT2D eigenvalue weighted by Crippen LogP contribution is -2.49. The average Bonchev–Trinajstić information content (AvgIpc) is 3.13. The molecule has 0 saturated carbocycles. The molecule has 1 aromatic carbocycles. The molecule has 23 nitrogen and oxygen atoms in total. The Kier molecular flexibility index (Phi) is 17.1. The Morgan fingerprint density at radius 3 is 1.36 bits per heavy atom. The highest BCUT2D eigenvalue weighted by Crippen LogP contribution is 2.51. The highest BCUT2D eigenvalue weighted by atomic mass is 32.2. The maximum absolute atomic E-state index is 13.1. The van der Waals surface area contributed by atoms with E-state index in [1.54, 1.807) is 0 Å². The first-order valence-electron chi connectivity index (χ1n) is 16.0. The molecular formula is C31H38N6O17S2. The Bertz CT molecular complexity index is 1850. The molecule has 0 radical (unpaired) electrons. The van der Waals surface area contributed by atoms with Crippen molar-refractivity contribution in [2.24, 2.45) is 11.5 Å². The summed E-state index contributed by atoms with van der Waals surface area (Å²) < 4.78 is 0. The average molecular weight is 831 g/mol. The summed E-state index contributed by atoms with van der Waals surface area (Å²) in [7, 11) is 0. The van der Waals surface area contributed by atoms with Crippen LogP contribution < -0.4 is 32.7 Å². The number of aliphatic hydroxyl groups excluding tert-OH is 1. The van der Waals surface area contributed by atoms with Crippen molar-refractivity contribution in [3.05, 3.63) is 16.7 Å². The molecule has 15 N–H and O–H groups in total. The number of hydrogen-bond donors (Lipinski definition) is 13. The van der Waals surface area contributed by atoms with Crippen molar-refractivity contribution in [1.29, 1.82) is 0 Å². The van der Waals surface area contributed by atoms with Crippen LogP contribution in [-0.4, -0.2) is 144 Å². The molecule has 0 aromatic heterocycles. The summed E-state index contributed by atoms with van der Waals surface area (Å²) in [6, 6.07) is -6.23. The number of phenolic OH excluding ortho intramolecular Hbond substituents is 2. The van der Waals surface area contributed by atoms with Crippen LogP contribution >= 0.6 is 23.5 Å². The molecule has 1 aliphatic carbocycles. The number of fused-ring (bicyclic) bond motifs is 1. The fraction of sp³-hybridized carbons (Fsp3) is 0.419. The van der Waals surface area contributed by atoms with Crippen molar-refractivity contribution in [2.45, 2.75) is 66.6 Å². The molecule has 4 amide bonds. The first kappa shape index (κ1) is 46.2. The summed E-state index contributed by atoms with van der Waals surface area (Å²) in [6.45, 7) is -0.794. The number of nitrogens with one attached hydrogen (secondary N) is 4. The van der Waals surface area contributed by atoms with Crippen molar-refractivity contribution in [1.82, 2.24) is 21.3 Å². The summed E-state index contributed by atoms with van der Waals surface area (Å²) in [5.41, 5.74) is 8.73. The van der Waals surface area contributed by atoms with Gasteiger partial charge in [-0.15, -0.1) is 23.5 Å². The second-order valence-corrected chi connectivity index (χ2v) is 13.8. The smallest absolute Gasteiger partial charge is 0.322 e. The second kappa shape index (κ2) is 20.7. The zero-order valence-electron chi connectivity index (χ0n) is 29.2. The van der Waals surface area contributed by atoms with Gasteiger partial charge in [-0.05, 0) is 19.8 Å². The second-order valence-electron chi connectivity index (χ2n) is 11.8. The van der Waals surface area contributed by atoms with Crippen LogP contribution in [0.5, 0.6) is 11.5 Å². The van der Waals surface area contributed by atoms with Crippen LogP contribution in [0.2, 0.25) is 0 Å². The summed E-state index contributed by atoms with van der Waals surface area (Å²) >= 11 is 0.914. The molecule has 0 bridgehead atoms. The summed E-state index contributed by atoms with van der Waals surface area (Å²) in [6.07, 6.45) is -1.79. The molecule has 0 unspecified atom stereocenters. The lowest BCUT2D eigenvalue weighted by atomic mass is 9.88. The number of benzene rings is 1. The van der Waals surface area contributed by atoms with Gasteiger partial charge in [0.05, 0.1) is 20.9 Å². The van der Waals surface area contributed by atoms with Gasteiger partial charge >= 0.3 is 23.9 Å². The number of carbonyl (C=O) groups excluding carboxylic acids is 6. The van der Waals surface area contributed by atoms with Crippen LogP contribution in [0.3, 0.4) is 0 Å². The van der Waals surface area contributed by atoms with Gasteiger partial charge in [-0.1, -0.05) is 0 Å². The predicted molar refractivity (Wildman–Crippen MR) is 191 cm³/mol. The fourth-order valence-electron chi connectivity index (χ4n) is 4.60. The fourth-order valence-corrected chi connectivity index (χ4v) is 7.02. The highest BCUT2D eigenvalue weighted by molar-refractivity contribution is 8.02. The minimum atomic E-state index is -1.66. The van der Waals surface area contributed by atoms with E-state index in [1.165, 1.54) is 0 Å². The van der Waals surface area contributed by atoms with Gasteiger partial charge < -0.3 is 68.5 Å². The third kappa shape index (κ3) is 12.6. The van der Waals surface area contributed by atoms with Crippen molar-refractivity contribution < 1.29 is 83.7 Å². The molecular weight excluding hydrogens is 793 g/mol. The Morgan fingerprint density at radius 1 is 0.625 bits per heavy atom. The van der Waals surface area contributed by atoms with E-state index in [0.717, 1.165) is 6.92 Å². The third-order valence-electron chi connectivity index (χ3n) is 7.64. The number of thioether (sulfide) groups is 2. The minimum Gasteiger partial charge on any atom is -0.507 e. The molecule has 25 heteroatoms. The molecule has 0 heterocycles. The number of rotatable bonds is 22. The molecule has 0 saturated heterocycles. The number of Topliss-reactive ketones (excluding diaryl/α,β-unsaturated/α-hetero) is 2. The van der Waals surface area contributed by atoms with Crippen LogP contribution in [-0.2, 0) is 43.2 Å². The standard InChI is InChI=1S/C31H38N6O17S2/c1-10-21(44)19-20(23(46)22(10)45)25(48)27(56-9-14(29(50)35-7-18(42)43)37-16(39)5-3-12(33)31(53)54)26(24(19)47)55-8-13(28(49)34-6-17(40)41)36-15(38)4-2-11(32)30(51)52/h11-14,44,47-48H,2-9,32-33H2,1H3,(H,34,49)(H,35,50)(H,36,38)(H,37,39)(H,40,41)(H,42,43)(H,51,52)(H,53,54)/t11-,12-,13-,14-/m0/s1. The number of allylic oxidation sites excluding steroid dienone is 1. The van der Waals surface area contributed by atoms with Gasteiger partial charge in [-0.3, -0.25) is 47.9 Å². The number of nitrogens with two attached hydrogens (primary N) is 2. The quantitative estimate of drug-likeness (QED) is 0.0316. The molecule has 0 aliphatic heterocycles. The molecule has 1 aromatic rings. The van der Waals surface area contributed by atoms with Gasteiger partial charge in [0.1, 0.15) is 54.5 Å². The van der Waals surface area contributed by atoms with Crippen LogP contribution in [0.25, 0.3) is 5.76 Å². The highest BCUT2D eigenvalue weighted by Gasteiger charge is 2.39. The molecule has 0 spiro atoms. The number of aromatic hydroxyl groups is 2. The van der Waals surface area contributed by atoms with Crippen LogP contribution in [0.1, 0.15) is 48.5 Å². The number of aliphatic hydroxyl groups is 1. The van der Waals surface area contributed by atoms with Gasteiger partial charge in [0.15, 0.2) is 0 Å². The number of carboxylic acid groups (broad SMARTS) is 4. The van der Waals surface area contributed by atoms with Gasteiger partial charge in [-0.2, -0.15) is 0 Å². The first-order chi connectivity index (χ1) is 26.1. The minimum absolute atomic E-state index is 0.375. The van der Waals surface area contributed by atoms with Gasteiger partial charge in [0.2, 0.25) is 35.2 Å². The molecule has 306 valence electrons. The van der Waals surface area contributed by atoms with Crippen LogP contribution in [0.4, 0.5) is 0 Å². The molecule has 1 aliphatic rings. The van der Waals surface area contributed by atoms with E-state index >= 15 is 0 Å². The SMILES string of the molecule is CC1=C(O)c2c(O)c(SC[C@H](NC(=O)CC[C@H](N)C(=O)O)C(=O)NCC(=O)O)c(SC[C@H](NC(=O)CC[C@H](N)C(=O)O)C(=O)NCC(=O)O)c(O)c2C(=O)C1=O. The van der Waals surface area contributed by atoms with E-state index < -0.39 is 164 Å². The number of carboxylic acids is 4. The normalized spacial score (nSPS) is 14.4. The third-order valence-corrected chi connectivity index (χ3v) is 10.1. The lowest BCUT2D eigenvalue weighted by Gasteiger charge is -2.25. The van der Waals surface area contributed by atoms with Gasteiger partial charge in [-0.25, -0.2) is 0 Å². The lowest BCUT2D eigenvalue weighted by molar-refractivity contribution is -0.140. The molecule has 56 heavy (non-hydrogen) atoms. The number of phenols is 2. The number of aliphatic carboxylic acids is 4. The Morgan fingerprint density at radius 2 is 1.00 bits per heavy atom. The van der Waals surface area contributed by atoms with Gasteiger partial charge in [0, 0.05) is 29.9 Å². The van der Waals surface area contributed by atoms with Crippen LogP contribution in [0.15, 0.2) is 15.4 Å². The zero-order valence-corrected chi connectivity index (χ0v) is 30.8. The predicted octanol–water partition coefficient (Wildman–Crippen LogP) is -2.91. The molecule has 4 atom stereocenters. The molecule has 2 rings (SSSR count). The van der Waals surface area contributed by atoms with E-state index in [1.807, 2.05) is 10.6 Å². The topological polar surface area (TPSA) is 412 Å². The van der Waals surface area contributed by atoms with E-state index in [2.05, 4.69) is 10.6 Å². The summed E-state index contributed by atoms with van der Waals surface area (Å²) in [4.78, 5) is 120. The maximum Gasteiger partial charge on any atom is 0.322 e. The Labute approximate surface area is 323 Å². The van der Waals surface area contributed by atoms with Crippen molar-refractivity contribution in [2.75, 3.05) is 24.6 Å². The van der Waals surface area contributed by atoms with E-state index in [0.29, 0.717) is 23.5 Å². The maximum atomic E-state index is 13.1.